The van der Waals surface area contributed by atoms with Crippen molar-refractivity contribution in [3.05, 3.63) is 29.8 Å². The normalized spacial score (nSPS) is 31.1. The molecule has 96 valence electrons. The molecule has 3 rings (SSSR count). The Morgan fingerprint density at radius 2 is 2.00 bits per heavy atom. The molecule has 0 atom stereocenters. The van der Waals surface area contributed by atoms with Crippen molar-refractivity contribution in [2.45, 2.75) is 38.3 Å². The van der Waals surface area contributed by atoms with E-state index in [1.54, 1.807) is 12.1 Å². The molecule has 0 unspecified atom stereocenters. The summed E-state index contributed by atoms with van der Waals surface area (Å²) in [5.41, 5.74) is 0.567. The van der Waals surface area contributed by atoms with Gasteiger partial charge in [-0.1, -0.05) is 19.1 Å². The fourth-order valence-corrected chi connectivity index (χ4v) is 2.99. The molecule has 1 aromatic rings. The number of nitrogens with zero attached hydrogens (tertiary/aromatic N) is 1. The maximum Gasteiger partial charge on any atom is 0.255 e. The molecule has 0 aromatic heterocycles. The van der Waals surface area contributed by atoms with Crippen LogP contribution in [0.4, 0.5) is 5.69 Å². The molecule has 1 aromatic carbocycles. The molecule has 1 aliphatic heterocycles. The maximum absolute atomic E-state index is 12.1. The number of nitrogens with one attached hydrogen (secondary N) is 1. The quantitative estimate of drug-likeness (QED) is 0.739. The minimum atomic E-state index is -0.599. The van der Waals surface area contributed by atoms with Crippen LogP contribution in [0.5, 0.6) is 0 Å². The van der Waals surface area contributed by atoms with Gasteiger partial charge < -0.3 is 5.32 Å². The number of amides is 1. The molecule has 0 radical (unpaired) electrons. The van der Waals surface area contributed by atoms with E-state index >= 15 is 0 Å². The van der Waals surface area contributed by atoms with E-state index in [4.69, 9.17) is 0 Å². The van der Waals surface area contributed by atoms with E-state index < -0.39 is 5.66 Å². The Bertz CT molecular complexity index is 478. The first kappa shape index (κ1) is 11.5. The summed E-state index contributed by atoms with van der Waals surface area (Å²) in [4.78, 5) is 12.1. The molecule has 18 heavy (non-hydrogen) atoms. The highest BCUT2D eigenvalue weighted by Gasteiger charge is 2.45. The summed E-state index contributed by atoms with van der Waals surface area (Å²) in [6.45, 7) is 2.22. The van der Waals surface area contributed by atoms with Gasteiger partial charge in [0, 0.05) is 0 Å². The average molecular weight is 246 g/mol. The Balaban J connectivity index is 1.99. The van der Waals surface area contributed by atoms with Gasteiger partial charge in [0.2, 0.25) is 0 Å². The molecule has 1 saturated carbocycles. The number of fused-ring (bicyclic) bond motifs is 1. The van der Waals surface area contributed by atoms with Gasteiger partial charge in [0.05, 0.1) is 11.3 Å². The van der Waals surface area contributed by atoms with Crippen LogP contribution < -0.4 is 10.4 Å². The third kappa shape index (κ3) is 1.60. The summed E-state index contributed by atoms with van der Waals surface area (Å²) in [6.07, 6.45) is 3.65. The van der Waals surface area contributed by atoms with Gasteiger partial charge in [-0.3, -0.25) is 10.0 Å². The number of carbonyl (C=O) groups is 1. The van der Waals surface area contributed by atoms with Crippen LogP contribution >= 0.6 is 0 Å². The molecule has 1 heterocycles. The van der Waals surface area contributed by atoms with Crippen LogP contribution in [0, 0.1) is 5.92 Å². The second-order valence-electron chi connectivity index (χ2n) is 5.50. The fourth-order valence-electron chi connectivity index (χ4n) is 2.99. The highest BCUT2D eigenvalue weighted by atomic mass is 16.5. The molecule has 1 spiro atoms. The molecular weight excluding hydrogens is 228 g/mol. The van der Waals surface area contributed by atoms with Gasteiger partial charge in [-0.15, -0.1) is 0 Å². The molecule has 0 bridgehead atoms. The van der Waals surface area contributed by atoms with Crippen molar-refractivity contribution in [2.24, 2.45) is 5.92 Å². The third-order valence-corrected chi connectivity index (χ3v) is 4.23. The zero-order valence-corrected chi connectivity index (χ0v) is 10.5. The first-order valence-corrected chi connectivity index (χ1v) is 6.53. The summed E-state index contributed by atoms with van der Waals surface area (Å²) in [5, 5.41) is 14.7. The SMILES string of the molecule is CC1CCC2(CC1)NC(=O)c1ccccc1N2O. The van der Waals surface area contributed by atoms with E-state index in [0.29, 0.717) is 17.2 Å². The van der Waals surface area contributed by atoms with Gasteiger partial charge in [-0.25, -0.2) is 5.06 Å². The molecule has 0 saturated heterocycles. The van der Waals surface area contributed by atoms with Crippen molar-refractivity contribution in [3.63, 3.8) is 0 Å². The summed E-state index contributed by atoms with van der Waals surface area (Å²) >= 11 is 0. The van der Waals surface area contributed by atoms with Crippen molar-refractivity contribution in [2.75, 3.05) is 5.06 Å². The van der Waals surface area contributed by atoms with Gasteiger partial charge in [0.15, 0.2) is 0 Å². The molecule has 1 fully saturated rings. The van der Waals surface area contributed by atoms with Crippen molar-refractivity contribution in [1.82, 2.24) is 5.32 Å². The van der Waals surface area contributed by atoms with Crippen molar-refractivity contribution in [1.29, 1.82) is 0 Å². The number of hydrogen-bond acceptors (Lipinski definition) is 3. The molecule has 1 amide bonds. The lowest BCUT2D eigenvalue weighted by Crippen LogP contribution is -2.64. The Labute approximate surface area is 107 Å². The van der Waals surface area contributed by atoms with Crippen LogP contribution in [0.1, 0.15) is 43.0 Å². The summed E-state index contributed by atoms with van der Waals surface area (Å²) in [6, 6.07) is 7.20. The van der Waals surface area contributed by atoms with Crippen LogP contribution in [-0.2, 0) is 0 Å². The molecular formula is C14H18N2O2. The van der Waals surface area contributed by atoms with Crippen LogP contribution in [0.25, 0.3) is 0 Å². The predicted octanol–water partition coefficient (Wildman–Crippen LogP) is 2.53. The number of carbonyl (C=O) groups excluding carboxylic acids is 1. The lowest BCUT2D eigenvalue weighted by Gasteiger charge is -2.48. The standard InChI is InChI=1S/C14H18N2O2/c1-10-6-8-14(9-7-10)15-13(17)11-4-2-3-5-12(11)16(14)18/h2-5,10,18H,6-9H2,1H3,(H,15,17). The molecule has 2 N–H and O–H groups in total. The average Bonchev–Trinajstić information content (AvgIpc) is 2.40. The molecule has 4 heteroatoms. The van der Waals surface area contributed by atoms with E-state index in [0.717, 1.165) is 25.7 Å². The summed E-state index contributed by atoms with van der Waals surface area (Å²) in [5.74, 6) is 0.587. The summed E-state index contributed by atoms with van der Waals surface area (Å²) < 4.78 is 0. The first-order chi connectivity index (χ1) is 8.62. The smallest absolute Gasteiger partial charge is 0.255 e. The van der Waals surface area contributed by atoms with Gasteiger partial charge >= 0.3 is 0 Å². The number of hydrogen-bond donors (Lipinski definition) is 2. The summed E-state index contributed by atoms with van der Waals surface area (Å²) in [7, 11) is 0. The molecule has 2 aliphatic rings. The number of anilines is 1. The lowest BCUT2D eigenvalue weighted by molar-refractivity contribution is 0.0522. The van der Waals surface area contributed by atoms with Gasteiger partial charge in [0.25, 0.3) is 5.91 Å². The number of rotatable bonds is 0. The van der Waals surface area contributed by atoms with Crippen molar-refractivity contribution < 1.29 is 10.0 Å². The highest BCUT2D eigenvalue weighted by molar-refractivity contribution is 6.02. The first-order valence-electron chi connectivity index (χ1n) is 6.53. The second-order valence-corrected chi connectivity index (χ2v) is 5.50. The number of benzene rings is 1. The topological polar surface area (TPSA) is 52.6 Å². The highest BCUT2D eigenvalue weighted by Crippen LogP contribution is 2.39. The Hall–Kier alpha value is -1.55. The number of hydroxylamine groups is 1. The molecule has 4 nitrogen and oxygen atoms in total. The lowest BCUT2D eigenvalue weighted by atomic mass is 9.81. The van der Waals surface area contributed by atoms with Crippen molar-refractivity contribution >= 4 is 11.6 Å². The van der Waals surface area contributed by atoms with Gasteiger partial charge in [0.1, 0.15) is 5.66 Å². The predicted molar refractivity (Wildman–Crippen MR) is 68.5 cm³/mol. The van der Waals surface area contributed by atoms with E-state index in [-0.39, 0.29) is 5.91 Å². The largest absolute Gasteiger partial charge is 0.327 e. The minimum Gasteiger partial charge on any atom is -0.327 e. The Kier molecular flexibility index (Phi) is 2.55. The van der Waals surface area contributed by atoms with Crippen molar-refractivity contribution in [3.8, 4) is 0 Å². The van der Waals surface area contributed by atoms with Crippen LogP contribution in [0.2, 0.25) is 0 Å². The maximum atomic E-state index is 12.1. The van der Waals surface area contributed by atoms with Crippen LogP contribution in [0.15, 0.2) is 24.3 Å². The van der Waals surface area contributed by atoms with E-state index in [9.17, 15) is 10.0 Å². The van der Waals surface area contributed by atoms with Crippen LogP contribution in [-0.4, -0.2) is 16.8 Å². The Morgan fingerprint density at radius 3 is 2.72 bits per heavy atom. The second kappa shape index (κ2) is 3.99. The zero-order valence-electron chi connectivity index (χ0n) is 10.5. The van der Waals surface area contributed by atoms with E-state index in [1.165, 1.54) is 5.06 Å². The van der Waals surface area contributed by atoms with E-state index in [2.05, 4.69) is 12.2 Å². The van der Waals surface area contributed by atoms with Crippen LogP contribution in [0.3, 0.4) is 0 Å². The van der Waals surface area contributed by atoms with Gasteiger partial charge in [-0.2, -0.15) is 0 Å². The van der Waals surface area contributed by atoms with E-state index in [1.807, 2.05) is 12.1 Å². The zero-order chi connectivity index (χ0) is 12.8. The third-order valence-electron chi connectivity index (χ3n) is 4.23. The fraction of sp³-hybridized carbons (Fsp3) is 0.500. The molecule has 1 aliphatic carbocycles. The monoisotopic (exact) mass is 246 g/mol. The Morgan fingerprint density at radius 1 is 1.33 bits per heavy atom. The van der Waals surface area contributed by atoms with Gasteiger partial charge in [-0.05, 0) is 43.7 Å². The number of para-hydroxylation sites is 1. The minimum absolute atomic E-state index is 0.0783.